The van der Waals surface area contributed by atoms with Crippen molar-refractivity contribution in [1.82, 2.24) is 4.90 Å². The lowest BCUT2D eigenvalue weighted by atomic mass is 10.2. The number of rotatable bonds is 3. The maximum absolute atomic E-state index is 11.6. The fraction of sp³-hybridized carbons (Fsp3) is 1.00. The number of hydrogen-bond acceptors (Lipinski definition) is 3. The third-order valence-corrected chi connectivity index (χ3v) is 6.94. The van der Waals surface area contributed by atoms with E-state index in [1.54, 1.807) is 0 Å². The van der Waals surface area contributed by atoms with E-state index in [4.69, 9.17) is 0 Å². The van der Waals surface area contributed by atoms with Crippen molar-refractivity contribution in [3.05, 3.63) is 0 Å². The summed E-state index contributed by atoms with van der Waals surface area (Å²) < 4.78 is 23.2. The summed E-state index contributed by atoms with van der Waals surface area (Å²) in [5.74, 6) is 0.356. The van der Waals surface area contributed by atoms with E-state index >= 15 is 0 Å². The van der Waals surface area contributed by atoms with Crippen LogP contribution in [0.3, 0.4) is 0 Å². The van der Waals surface area contributed by atoms with Crippen LogP contribution in [0.2, 0.25) is 25.7 Å². The van der Waals surface area contributed by atoms with Gasteiger partial charge in [-0.1, -0.05) is 19.6 Å². The Balaban J connectivity index is 2.73. The molecule has 1 aliphatic heterocycles. The van der Waals surface area contributed by atoms with Crippen molar-refractivity contribution in [3.8, 4) is 0 Å². The molecule has 2 atom stereocenters. The van der Waals surface area contributed by atoms with E-state index in [-0.39, 0.29) is 11.3 Å². The second-order valence-electron chi connectivity index (χ2n) is 5.66. The fourth-order valence-corrected chi connectivity index (χ4v) is 7.64. The van der Waals surface area contributed by atoms with Crippen LogP contribution in [0.4, 0.5) is 0 Å². The first kappa shape index (κ1) is 12.2. The van der Waals surface area contributed by atoms with Gasteiger partial charge in [-0.05, 0) is 20.1 Å². The fourth-order valence-electron chi connectivity index (χ4n) is 1.93. The van der Waals surface area contributed by atoms with Crippen LogP contribution in [-0.4, -0.2) is 52.5 Å². The molecule has 0 unspecified atom stereocenters. The maximum Gasteiger partial charge on any atom is 0.156 e. The molecule has 1 fully saturated rings. The van der Waals surface area contributed by atoms with Gasteiger partial charge in [0.25, 0.3) is 0 Å². The minimum atomic E-state index is -2.76. The lowest BCUT2D eigenvalue weighted by molar-refractivity contribution is 0.284. The van der Waals surface area contributed by atoms with E-state index < -0.39 is 17.9 Å². The highest BCUT2D eigenvalue weighted by Crippen LogP contribution is 2.31. The Morgan fingerprint density at radius 2 is 1.79 bits per heavy atom. The summed E-state index contributed by atoms with van der Waals surface area (Å²) in [6, 6.07) is 1.16. The average molecular weight is 235 g/mol. The van der Waals surface area contributed by atoms with Crippen molar-refractivity contribution in [2.75, 3.05) is 19.8 Å². The SMILES string of the molecule is CN(C)[C@@H]1CS(=O)(=O)[C@H]1C[Si](C)(C)C. The van der Waals surface area contributed by atoms with Crippen molar-refractivity contribution < 1.29 is 8.42 Å². The molecule has 0 aromatic rings. The molecule has 0 aliphatic carbocycles. The topological polar surface area (TPSA) is 37.4 Å². The molecular weight excluding hydrogens is 214 g/mol. The first-order valence-corrected chi connectivity index (χ1v) is 10.4. The predicted octanol–water partition coefficient (Wildman–Crippen LogP) is 1.05. The maximum atomic E-state index is 11.6. The number of nitrogens with zero attached hydrogens (tertiary/aromatic N) is 1. The molecule has 0 aromatic heterocycles. The largest absolute Gasteiger partial charge is 0.304 e. The van der Waals surface area contributed by atoms with E-state index in [2.05, 4.69) is 19.6 Å². The molecule has 0 bridgehead atoms. The van der Waals surface area contributed by atoms with Crippen LogP contribution in [0.5, 0.6) is 0 Å². The van der Waals surface area contributed by atoms with Crippen LogP contribution in [0.15, 0.2) is 0 Å². The third kappa shape index (κ3) is 2.58. The van der Waals surface area contributed by atoms with Crippen LogP contribution in [0.25, 0.3) is 0 Å². The summed E-state index contributed by atoms with van der Waals surface area (Å²) in [5.41, 5.74) is 0. The Kier molecular flexibility index (Phi) is 3.14. The Labute approximate surface area is 88.4 Å². The molecule has 0 spiro atoms. The minimum absolute atomic E-state index is 0.0934. The second-order valence-corrected chi connectivity index (χ2v) is 13.5. The van der Waals surface area contributed by atoms with Crippen LogP contribution in [0.1, 0.15) is 0 Å². The van der Waals surface area contributed by atoms with Crippen LogP contribution in [-0.2, 0) is 9.84 Å². The summed E-state index contributed by atoms with van der Waals surface area (Å²) in [6.45, 7) is 6.69. The first-order chi connectivity index (χ1) is 6.13. The summed E-state index contributed by atoms with van der Waals surface area (Å²) in [5, 5.41) is -0.0934. The van der Waals surface area contributed by atoms with Gasteiger partial charge in [0.05, 0.1) is 11.0 Å². The second kappa shape index (κ2) is 3.61. The Hall–Kier alpha value is 0.127. The third-order valence-electron chi connectivity index (χ3n) is 2.77. The number of sulfone groups is 1. The Bertz CT molecular complexity index is 305. The van der Waals surface area contributed by atoms with Gasteiger partial charge in [-0.25, -0.2) is 8.42 Å². The molecule has 3 nitrogen and oxygen atoms in total. The van der Waals surface area contributed by atoms with Crippen molar-refractivity contribution in [1.29, 1.82) is 0 Å². The van der Waals surface area contributed by atoms with Crippen molar-refractivity contribution in [2.45, 2.75) is 37.0 Å². The molecule has 0 radical (unpaired) electrons. The summed E-state index contributed by atoms with van der Waals surface area (Å²) in [7, 11) is -0.0913. The molecule has 14 heavy (non-hydrogen) atoms. The predicted molar refractivity (Wildman–Crippen MR) is 63.2 cm³/mol. The van der Waals surface area contributed by atoms with Crippen LogP contribution < -0.4 is 0 Å². The highest BCUT2D eigenvalue weighted by molar-refractivity contribution is 7.93. The molecule has 1 saturated heterocycles. The van der Waals surface area contributed by atoms with E-state index in [1.165, 1.54) is 0 Å². The highest BCUT2D eigenvalue weighted by Gasteiger charge is 2.48. The van der Waals surface area contributed by atoms with E-state index in [0.29, 0.717) is 5.75 Å². The zero-order valence-corrected chi connectivity index (χ0v) is 11.6. The van der Waals surface area contributed by atoms with E-state index in [9.17, 15) is 8.42 Å². The highest BCUT2D eigenvalue weighted by atomic mass is 32.2. The van der Waals surface area contributed by atoms with Crippen molar-refractivity contribution >= 4 is 17.9 Å². The van der Waals surface area contributed by atoms with Crippen LogP contribution in [0, 0.1) is 0 Å². The normalized spacial score (nSPS) is 31.6. The standard InChI is InChI=1S/C9H21NO2SSi/c1-10(2)8-6-13(11,12)9(8)7-14(3,4)5/h8-9H,6-7H2,1-5H3/t8-,9+/m1/s1. The van der Waals surface area contributed by atoms with Gasteiger partial charge in [0, 0.05) is 14.1 Å². The molecule has 0 amide bonds. The van der Waals surface area contributed by atoms with Gasteiger partial charge >= 0.3 is 0 Å². The smallest absolute Gasteiger partial charge is 0.156 e. The first-order valence-electron chi connectivity index (χ1n) is 5.01. The van der Waals surface area contributed by atoms with E-state index in [0.717, 1.165) is 6.04 Å². The van der Waals surface area contributed by atoms with Crippen molar-refractivity contribution in [2.24, 2.45) is 0 Å². The number of hydrogen-bond donors (Lipinski definition) is 0. The van der Waals surface area contributed by atoms with E-state index in [1.807, 2.05) is 19.0 Å². The molecule has 1 rings (SSSR count). The molecule has 1 heterocycles. The molecule has 0 saturated carbocycles. The van der Waals surface area contributed by atoms with Gasteiger partial charge in [0.15, 0.2) is 9.84 Å². The minimum Gasteiger partial charge on any atom is -0.304 e. The molecular formula is C9H21NO2SSi. The van der Waals surface area contributed by atoms with Gasteiger partial charge in [0.2, 0.25) is 0 Å². The summed E-state index contributed by atoms with van der Waals surface area (Å²) >= 11 is 0. The lowest BCUT2D eigenvalue weighted by Gasteiger charge is -2.42. The molecule has 84 valence electrons. The van der Waals surface area contributed by atoms with Crippen LogP contribution >= 0.6 is 0 Å². The van der Waals surface area contributed by atoms with Gasteiger partial charge in [-0.15, -0.1) is 0 Å². The molecule has 0 aromatic carbocycles. The zero-order chi connectivity index (χ0) is 11.1. The van der Waals surface area contributed by atoms with Gasteiger partial charge < -0.3 is 4.90 Å². The van der Waals surface area contributed by atoms with Gasteiger partial charge in [-0.3, -0.25) is 0 Å². The monoisotopic (exact) mass is 235 g/mol. The average Bonchev–Trinajstić information content (AvgIpc) is 1.95. The molecule has 0 N–H and O–H groups in total. The zero-order valence-electron chi connectivity index (χ0n) is 9.74. The molecule has 5 heteroatoms. The summed E-state index contributed by atoms with van der Waals surface area (Å²) in [6.07, 6.45) is 0. The quantitative estimate of drug-likeness (QED) is 0.686. The van der Waals surface area contributed by atoms with Gasteiger partial charge in [0.1, 0.15) is 0 Å². The Morgan fingerprint density at radius 1 is 1.29 bits per heavy atom. The lowest BCUT2D eigenvalue weighted by Crippen LogP contribution is -2.60. The molecule has 1 aliphatic rings. The summed E-state index contributed by atoms with van der Waals surface area (Å²) in [4.78, 5) is 2.05. The Morgan fingerprint density at radius 3 is 2.07 bits per heavy atom. The van der Waals surface area contributed by atoms with Crippen molar-refractivity contribution in [3.63, 3.8) is 0 Å². The van der Waals surface area contributed by atoms with Gasteiger partial charge in [-0.2, -0.15) is 0 Å².